The summed E-state index contributed by atoms with van der Waals surface area (Å²) in [5.74, 6) is 1.78. The topological polar surface area (TPSA) is 62.1 Å². The predicted octanol–water partition coefficient (Wildman–Crippen LogP) is 4.69. The fourth-order valence-corrected chi connectivity index (χ4v) is 3.10. The molecule has 6 nitrogen and oxygen atoms in total. The van der Waals surface area contributed by atoms with Crippen LogP contribution in [0.1, 0.15) is 11.1 Å². The molecule has 4 aromatic rings. The quantitative estimate of drug-likeness (QED) is 0.461. The molecule has 0 amide bonds. The van der Waals surface area contributed by atoms with Crippen LogP contribution in [-0.2, 0) is 13.0 Å². The van der Waals surface area contributed by atoms with Crippen LogP contribution in [0.15, 0.2) is 73.3 Å². The molecule has 0 aliphatic heterocycles. The SMILES string of the molecule is COc1ncccc1-c1cccnc1Oc1ccc(CCn2cc(C)cn2)cc1. The average Bonchev–Trinajstić information content (AvgIpc) is 3.19. The zero-order valence-electron chi connectivity index (χ0n) is 16.4. The van der Waals surface area contributed by atoms with E-state index < -0.39 is 0 Å². The normalized spacial score (nSPS) is 10.7. The number of aromatic nitrogens is 4. The first-order valence-corrected chi connectivity index (χ1v) is 9.43. The molecule has 3 heterocycles. The van der Waals surface area contributed by atoms with E-state index in [1.165, 1.54) is 11.1 Å². The van der Waals surface area contributed by atoms with Crippen LogP contribution in [0.2, 0.25) is 0 Å². The lowest BCUT2D eigenvalue weighted by molar-refractivity contribution is 0.399. The van der Waals surface area contributed by atoms with Crippen LogP contribution in [0, 0.1) is 6.92 Å². The number of pyridine rings is 2. The molecule has 0 N–H and O–H groups in total. The van der Waals surface area contributed by atoms with Gasteiger partial charge in [-0.05, 0) is 60.9 Å². The van der Waals surface area contributed by atoms with E-state index >= 15 is 0 Å². The van der Waals surface area contributed by atoms with Gasteiger partial charge in [-0.1, -0.05) is 12.1 Å². The Bertz CT molecular complexity index is 1090. The minimum absolute atomic E-state index is 0.513. The fourth-order valence-electron chi connectivity index (χ4n) is 3.10. The molecule has 0 bridgehead atoms. The van der Waals surface area contributed by atoms with Gasteiger partial charge in [0.05, 0.1) is 13.3 Å². The van der Waals surface area contributed by atoms with Gasteiger partial charge in [0.1, 0.15) is 5.75 Å². The van der Waals surface area contributed by atoms with Crippen molar-refractivity contribution in [3.63, 3.8) is 0 Å². The van der Waals surface area contributed by atoms with Crippen molar-refractivity contribution in [2.24, 2.45) is 0 Å². The molecule has 0 aliphatic rings. The maximum atomic E-state index is 6.07. The highest BCUT2D eigenvalue weighted by atomic mass is 16.5. The monoisotopic (exact) mass is 386 g/mol. The van der Waals surface area contributed by atoms with Crippen molar-refractivity contribution in [3.8, 4) is 28.6 Å². The molecule has 0 saturated heterocycles. The number of ether oxygens (including phenoxy) is 2. The second-order valence-corrected chi connectivity index (χ2v) is 6.69. The van der Waals surface area contributed by atoms with E-state index in [-0.39, 0.29) is 0 Å². The van der Waals surface area contributed by atoms with Crippen LogP contribution in [0.3, 0.4) is 0 Å². The Balaban J connectivity index is 1.50. The maximum absolute atomic E-state index is 6.07. The van der Waals surface area contributed by atoms with Gasteiger partial charge in [0.25, 0.3) is 0 Å². The first-order valence-electron chi connectivity index (χ1n) is 9.43. The van der Waals surface area contributed by atoms with E-state index in [1.54, 1.807) is 19.5 Å². The highest BCUT2D eigenvalue weighted by Gasteiger charge is 2.13. The minimum Gasteiger partial charge on any atom is -0.481 e. The first kappa shape index (κ1) is 18.7. The lowest BCUT2D eigenvalue weighted by Crippen LogP contribution is -2.01. The Morgan fingerprint density at radius 2 is 1.59 bits per heavy atom. The Hall–Kier alpha value is -3.67. The van der Waals surface area contributed by atoms with Gasteiger partial charge in [0.2, 0.25) is 11.8 Å². The van der Waals surface area contributed by atoms with Crippen molar-refractivity contribution in [2.45, 2.75) is 19.9 Å². The number of benzene rings is 1. The summed E-state index contributed by atoms with van der Waals surface area (Å²) in [6.45, 7) is 2.89. The lowest BCUT2D eigenvalue weighted by Gasteiger charge is -2.12. The van der Waals surface area contributed by atoms with E-state index in [4.69, 9.17) is 9.47 Å². The predicted molar refractivity (Wildman–Crippen MR) is 111 cm³/mol. The third-order valence-corrected chi connectivity index (χ3v) is 4.56. The van der Waals surface area contributed by atoms with E-state index in [0.29, 0.717) is 11.8 Å². The van der Waals surface area contributed by atoms with Crippen molar-refractivity contribution in [1.82, 2.24) is 19.7 Å². The van der Waals surface area contributed by atoms with Crippen molar-refractivity contribution < 1.29 is 9.47 Å². The Labute approximate surface area is 169 Å². The van der Waals surface area contributed by atoms with Gasteiger partial charge < -0.3 is 9.47 Å². The lowest BCUT2D eigenvalue weighted by atomic mass is 10.1. The zero-order valence-corrected chi connectivity index (χ0v) is 16.4. The largest absolute Gasteiger partial charge is 0.481 e. The molecule has 0 atom stereocenters. The smallest absolute Gasteiger partial charge is 0.227 e. The molecule has 0 aliphatic carbocycles. The molecule has 0 unspecified atom stereocenters. The minimum atomic E-state index is 0.513. The highest BCUT2D eigenvalue weighted by Crippen LogP contribution is 2.35. The second kappa shape index (κ2) is 8.56. The van der Waals surface area contributed by atoms with Crippen molar-refractivity contribution in [3.05, 3.63) is 84.4 Å². The van der Waals surface area contributed by atoms with E-state index in [1.807, 2.05) is 60.4 Å². The van der Waals surface area contributed by atoms with Crippen LogP contribution >= 0.6 is 0 Å². The maximum Gasteiger partial charge on any atom is 0.227 e. The van der Waals surface area contributed by atoms with Crippen LogP contribution in [0.25, 0.3) is 11.1 Å². The molecule has 0 spiro atoms. The molecule has 0 saturated carbocycles. The summed E-state index contributed by atoms with van der Waals surface area (Å²) >= 11 is 0. The van der Waals surface area contributed by atoms with Gasteiger partial charge in [-0.25, -0.2) is 9.97 Å². The van der Waals surface area contributed by atoms with Gasteiger partial charge in [0, 0.05) is 36.3 Å². The summed E-state index contributed by atoms with van der Waals surface area (Å²) in [7, 11) is 1.60. The van der Waals surface area contributed by atoms with Crippen LogP contribution in [0.5, 0.6) is 17.5 Å². The first-order chi connectivity index (χ1) is 14.2. The molecule has 146 valence electrons. The molecule has 0 radical (unpaired) electrons. The molecule has 6 heteroatoms. The summed E-state index contributed by atoms with van der Waals surface area (Å²) in [6, 6.07) is 15.7. The summed E-state index contributed by atoms with van der Waals surface area (Å²) < 4.78 is 13.4. The molecule has 0 fully saturated rings. The Morgan fingerprint density at radius 3 is 2.24 bits per heavy atom. The zero-order chi connectivity index (χ0) is 20.1. The van der Waals surface area contributed by atoms with Crippen LogP contribution in [-0.4, -0.2) is 26.9 Å². The Morgan fingerprint density at radius 1 is 0.897 bits per heavy atom. The van der Waals surface area contributed by atoms with Gasteiger partial charge in [-0.15, -0.1) is 0 Å². The standard InChI is InChI=1S/C23H22N4O2/c1-17-15-26-27(16-17)14-11-18-7-9-19(10-8-18)29-23-21(6-4-13-25-23)20-5-3-12-24-22(20)28-2/h3-10,12-13,15-16H,11,14H2,1-2H3. The summed E-state index contributed by atoms with van der Waals surface area (Å²) in [5, 5.41) is 4.33. The average molecular weight is 386 g/mol. The van der Waals surface area contributed by atoms with Gasteiger partial charge >= 0.3 is 0 Å². The number of nitrogens with zero attached hydrogens (tertiary/aromatic N) is 4. The van der Waals surface area contributed by atoms with Crippen LogP contribution in [0.4, 0.5) is 0 Å². The third kappa shape index (κ3) is 4.43. The highest BCUT2D eigenvalue weighted by molar-refractivity contribution is 5.73. The number of methoxy groups -OCH3 is 1. The fraction of sp³-hybridized carbons (Fsp3) is 0.174. The van der Waals surface area contributed by atoms with Gasteiger partial charge in [0.15, 0.2) is 0 Å². The van der Waals surface area contributed by atoms with Crippen molar-refractivity contribution >= 4 is 0 Å². The third-order valence-electron chi connectivity index (χ3n) is 4.56. The van der Waals surface area contributed by atoms with E-state index in [9.17, 15) is 0 Å². The molecule has 1 aromatic carbocycles. The molecular formula is C23H22N4O2. The number of hydrogen-bond donors (Lipinski definition) is 0. The van der Waals surface area contributed by atoms with Crippen molar-refractivity contribution in [1.29, 1.82) is 0 Å². The second-order valence-electron chi connectivity index (χ2n) is 6.69. The Kier molecular flexibility index (Phi) is 5.52. The van der Waals surface area contributed by atoms with E-state index in [2.05, 4.69) is 27.2 Å². The summed E-state index contributed by atoms with van der Waals surface area (Å²) in [5.41, 5.74) is 4.06. The van der Waals surface area contributed by atoms with Crippen molar-refractivity contribution in [2.75, 3.05) is 7.11 Å². The van der Waals surface area contributed by atoms with Crippen LogP contribution < -0.4 is 9.47 Å². The number of aryl methyl sites for hydroxylation is 3. The summed E-state index contributed by atoms with van der Waals surface area (Å²) in [6.07, 6.45) is 8.24. The number of rotatable bonds is 7. The molecule has 3 aromatic heterocycles. The number of hydrogen-bond acceptors (Lipinski definition) is 5. The van der Waals surface area contributed by atoms with Gasteiger partial charge in [-0.3, -0.25) is 4.68 Å². The molecular weight excluding hydrogens is 364 g/mol. The molecule has 29 heavy (non-hydrogen) atoms. The van der Waals surface area contributed by atoms with E-state index in [0.717, 1.165) is 29.8 Å². The van der Waals surface area contributed by atoms with Gasteiger partial charge in [-0.2, -0.15) is 5.10 Å². The summed E-state index contributed by atoms with van der Waals surface area (Å²) in [4.78, 5) is 8.68. The molecule has 4 rings (SSSR count).